The first-order chi connectivity index (χ1) is 12.2. The van der Waals surface area contributed by atoms with E-state index in [0.717, 1.165) is 5.56 Å². The van der Waals surface area contributed by atoms with Crippen LogP contribution < -0.4 is 14.8 Å². The predicted molar refractivity (Wildman–Crippen MR) is 92.2 cm³/mol. The van der Waals surface area contributed by atoms with Crippen molar-refractivity contribution < 1.29 is 14.3 Å². The van der Waals surface area contributed by atoms with Crippen LogP contribution in [0.2, 0.25) is 0 Å². The number of carbonyl (C=O) groups excluding carboxylic acids is 1. The van der Waals surface area contributed by atoms with Crippen LogP contribution in [0.25, 0.3) is 0 Å². The van der Waals surface area contributed by atoms with Crippen molar-refractivity contribution in [1.82, 2.24) is 0 Å². The maximum Gasteiger partial charge on any atom is 0.262 e. The van der Waals surface area contributed by atoms with E-state index in [1.807, 2.05) is 13.0 Å². The number of benzene rings is 2. The van der Waals surface area contributed by atoms with Gasteiger partial charge in [-0.2, -0.15) is 10.5 Å². The number of rotatable bonds is 7. The maximum atomic E-state index is 12.0. The molecule has 2 aromatic carbocycles. The Labute approximate surface area is 146 Å². The van der Waals surface area contributed by atoms with Gasteiger partial charge in [-0.3, -0.25) is 4.79 Å². The summed E-state index contributed by atoms with van der Waals surface area (Å²) in [5, 5.41) is 20.3. The lowest BCUT2D eigenvalue weighted by Crippen LogP contribution is -2.20. The average molecular weight is 335 g/mol. The smallest absolute Gasteiger partial charge is 0.262 e. The summed E-state index contributed by atoms with van der Waals surface area (Å²) in [5.41, 5.74) is 1.97. The van der Waals surface area contributed by atoms with Gasteiger partial charge in [0.15, 0.2) is 18.1 Å². The van der Waals surface area contributed by atoms with Crippen LogP contribution in [0.3, 0.4) is 0 Å². The zero-order chi connectivity index (χ0) is 18.1. The SMILES string of the molecule is CCOc1cc(C#N)ccc1OCC(=O)Nc1ccc(CC#N)cc1. The number of hydrogen-bond acceptors (Lipinski definition) is 5. The largest absolute Gasteiger partial charge is 0.490 e. The van der Waals surface area contributed by atoms with Crippen molar-refractivity contribution >= 4 is 11.6 Å². The molecule has 0 aliphatic heterocycles. The fraction of sp³-hybridized carbons (Fsp3) is 0.211. The van der Waals surface area contributed by atoms with Crippen LogP contribution in [0.1, 0.15) is 18.1 Å². The molecule has 6 heteroatoms. The Morgan fingerprint density at radius 2 is 1.84 bits per heavy atom. The normalized spacial score (nSPS) is 9.56. The van der Waals surface area contributed by atoms with E-state index < -0.39 is 0 Å². The van der Waals surface area contributed by atoms with Crippen LogP contribution in [0.5, 0.6) is 11.5 Å². The fourth-order valence-electron chi connectivity index (χ4n) is 2.10. The minimum absolute atomic E-state index is 0.189. The molecular formula is C19H17N3O3. The monoisotopic (exact) mass is 335 g/mol. The molecule has 0 bridgehead atoms. The van der Waals surface area contributed by atoms with Gasteiger partial charge in [0.05, 0.1) is 30.7 Å². The van der Waals surface area contributed by atoms with Crippen LogP contribution in [-0.4, -0.2) is 19.1 Å². The van der Waals surface area contributed by atoms with Gasteiger partial charge in [-0.1, -0.05) is 12.1 Å². The Morgan fingerprint density at radius 3 is 2.48 bits per heavy atom. The van der Waals surface area contributed by atoms with Crippen molar-refractivity contribution in [2.24, 2.45) is 0 Å². The summed E-state index contributed by atoms with van der Waals surface area (Å²) in [6, 6.07) is 15.9. The van der Waals surface area contributed by atoms with Crippen LogP contribution in [0.4, 0.5) is 5.69 Å². The van der Waals surface area contributed by atoms with Crippen molar-refractivity contribution in [3.63, 3.8) is 0 Å². The molecule has 126 valence electrons. The summed E-state index contributed by atoms with van der Waals surface area (Å²) in [6.07, 6.45) is 0.330. The summed E-state index contributed by atoms with van der Waals surface area (Å²) < 4.78 is 10.9. The number of nitrogens with one attached hydrogen (secondary N) is 1. The third-order valence-electron chi connectivity index (χ3n) is 3.25. The number of nitriles is 2. The third-order valence-corrected chi connectivity index (χ3v) is 3.25. The highest BCUT2D eigenvalue weighted by atomic mass is 16.5. The lowest BCUT2D eigenvalue weighted by atomic mass is 10.1. The lowest BCUT2D eigenvalue weighted by molar-refractivity contribution is -0.118. The number of nitrogens with zero attached hydrogens (tertiary/aromatic N) is 2. The van der Waals surface area contributed by atoms with E-state index in [0.29, 0.717) is 35.8 Å². The van der Waals surface area contributed by atoms with Gasteiger partial charge in [0.25, 0.3) is 5.91 Å². The van der Waals surface area contributed by atoms with Crippen molar-refractivity contribution in [3.8, 4) is 23.6 Å². The van der Waals surface area contributed by atoms with E-state index in [2.05, 4.69) is 11.4 Å². The highest BCUT2D eigenvalue weighted by Gasteiger charge is 2.09. The molecule has 0 aromatic heterocycles. The summed E-state index contributed by atoms with van der Waals surface area (Å²) in [6.45, 7) is 2.06. The molecule has 2 rings (SSSR count). The molecule has 0 atom stereocenters. The van der Waals surface area contributed by atoms with Gasteiger partial charge in [-0.05, 0) is 36.8 Å². The first-order valence-corrected chi connectivity index (χ1v) is 7.71. The van der Waals surface area contributed by atoms with Crippen LogP contribution in [0.15, 0.2) is 42.5 Å². The highest BCUT2D eigenvalue weighted by Crippen LogP contribution is 2.28. The molecule has 1 amide bonds. The molecule has 0 heterocycles. The second kappa shape index (κ2) is 8.95. The van der Waals surface area contributed by atoms with Gasteiger partial charge in [0.1, 0.15) is 0 Å². The molecule has 0 aliphatic rings. The first-order valence-electron chi connectivity index (χ1n) is 7.71. The van der Waals surface area contributed by atoms with E-state index >= 15 is 0 Å². The van der Waals surface area contributed by atoms with E-state index in [1.54, 1.807) is 42.5 Å². The van der Waals surface area contributed by atoms with Gasteiger partial charge >= 0.3 is 0 Å². The molecule has 0 unspecified atom stereocenters. The maximum absolute atomic E-state index is 12.0. The molecular weight excluding hydrogens is 318 g/mol. The minimum atomic E-state index is -0.320. The molecule has 0 fully saturated rings. The molecule has 1 N–H and O–H groups in total. The van der Waals surface area contributed by atoms with E-state index in [9.17, 15) is 4.79 Å². The average Bonchev–Trinajstić information content (AvgIpc) is 2.62. The number of carbonyl (C=O) groups is 1. The third kappa shape index (κ3) is 5.26. The molecule has 0 radical (unpaired) electrons. The second-order valence-corrected chi connectivity index (χ2v) is 5.07. The lowest BCUT2D eigenvalue weighted by Gasteiger charge is -2.12. The van der Waals surface area contributed by atoms with Crippen LogP contribution in [0, 0.1) is 22.7 Å². The first kappa shape index (κ1) is 17.8. The summed E-state index contributed by atoms with van der Waals surface area (Å²) in [4.78, 5) is 12.0. The van der Waals surface area contributed by atoms with Crippen molar-refractivity contribution in [2.45, 2.75) is 13.3 Å². The standard InChI is InChI=1S/C19H17N3O3/c1-2-24-18-11-15(12-21)5-8-17(18)25-13-19(23)22-16-6-3-14(4-7-16)9-10-20/h3-8,11H,2,9,13H2,1H3,(H,22,23). The molecule has 25 heavy (non-hydrogen) atoms. The number of ether oxygens (including phenoxy) is 2. The summed E-state index contributed by atoms with van der Waals surface area (Å²) in [5.74, 6) is 0.510. The Hall–Kier alpha value is -3.51. The van der Waals surface area contributed by atoms with E-state index in [4.69, 9.17) is 20.0 Å². The minimum Gasteiger partial charge on any atom is -0.490 e. The van der Waals surface area contributed by atoms with Gasteiger partial charge < -0.3 is 14.8 Å². The highest BCUT2D eigenvalue weighted by molar-refractivity contribution is 5.91. The zero-order valence-electron chi connectivity index (χ0n) is 13.8. The van der Waals surface area contributed by atoms with Crippen molar-refractivity contribution in [2.75, 3.05) is 18.5 Å². The Morgan fingerprint density at radius 1 is 1.08 bits per heavy atom. The quantitative estimate of drug-likeness (QED) is 0.839. The Kier molecular flexibility index (Phi) is 6.39. The zero-order valence-corrected chi connectivity index (χ0v) is 13.8. The molecule has 2 aromatic rings. The number of anilines is 1. The Bertz CT molecular complexity index is 817. The van der Waals surface area contributed by atoms with E-state index in [1.165, 1.54) is 0 Å². The number of amides is 1. The predicted octanol–water partition coefficient (Wildman–Crippen LogP) is 3.04. The van der Waals surface area contributed by atoms with Crippen molar-refractivity contribution in [1.29, 1.82) is 10.5 Å². The molecule has 6 nitrogen and oxygen atoms in total. The van der Waals surface area contributed by atoms with Gasteiger partial charge in [-0.15, -0.1) is 0 Å². The van der Waals surface area contributed by atoms with Crippen LogP contribution >= 0.6 is 0 Å². The van der Waals surface area contributed by atoms with Gasteiger partial charge in [0.2, 0.25) is 0 Å². The number of hydrogen-bond donors (Lipinski definition) is 1. The molecule has 0 saturated heterocycles. The topological polar surface area (TPSA) is 95.1 Å². The van der Waals surface area contributed by atoms with Crippen LogP contribution in [-0.2, 0) is 11.2 Å². The van der Waals surface area contributed by atoms with E-state index in [-0.39, 0.29) is 12.5 Å². The second-order valence-electron chi connectivity index (χ2n) is 5.07. The summed E-state index contributed by atoms with van der Waals surface area (Å²) >= 11 is 0. The summed E-state index contributed by atoms with van der Waals surface area (Å²) in [7, 11) is 0. The van der Waals surface area contributed by atoms with Gasteiger partial charge in [-0.25, -0.2) is 0 Å². The molecule has 0 spiro atoms. The van der Waals surface area contributed by atoms with Gasteiger partial charge in [0, 0.05) is 11.8 Å². The molecule has 0 aliphatic carbocycles. The molecule has 0 saturated carbocycles. The fourth-order valence-corrected chi connectivity index (χ4v) is 2.10. The Balaban J connectivity index is 1.95. The van der Waals surface area contributed by atoms with Crippen molar-refractivity contribution in [3.05, 3.63) is 53.6 Å².